The van der Waals surface area contributed by atoms with E-state index in [4.69, 9.17) is 11.6 Å². The van der Waals surface area contributed by atoms with Crippen LogP contribution in [0.2, 0.25) is 0 Å². The predicted molar refractivity (Wildman–Crippen MR) is 84.0 cm³/mol. The van der Waals surface area contributed by atoms with Gasteiger partial charge in [0.2, 0.25) is 10.0 Å². The van der Waals surface area contributed by atoms with Crippen LogP contribution in [0.4, 0.5) is 0 Å². The van der Waals surface area contributed by atoms with E-state index in [0.29, 0.717) is 29.9 Å². The minimum Gasteiger partial charge on any atom is -0.299 e. The quantitative estimate of drug-likeness (QED) is 0.796. The van der Waals surface area contributed by atoms with Crippen molar-refractivity contribution in [1.82, 2.24) is 9.21 Å². The van der Waals surface area contributed by atoms with Crippen LogP contribution in [0.1, 0.15) is 24.8 Å². The highest BCUT2D eigenvalue weighted by Crippen LogP contribution is 2.26. The van der Waals surface area contributed by atoms with Crippen molar-refractivity contribution in [1.29, 1.82) is 0 Å². The monoisotopic (exact) mass is 328 g/mol. The second kappa shape index (κ2) is 6.24. The Balaban J connectivity index is 1.72. The summed E-state index contributed by atoms with van der Waals surface area (Å²) in [5, 5.41) is 0. The van der Waals surface area contributed by atoms with E-state index in [1.54, 1.807) is 28.6 Å². The van der Waals surface area contributed by atoms with E-state index in [1.807, 2.05) is 0 Å². The fourth-order valence-corrected chi connectivity index (χ4v) is 4.90. The number of likely N-dealkylation sites (tertiary alicyclic amines) is 1. The molecule has 2 fully saturated rings. The zero-order valence-electron chi connectivity index (χ0n) is 12.0. The summed E-state index contributed by atoms with van der Waals surface area (Å²) in [6.45, 7) is 3.48. The van der Waals surface area contributed by atoms with Crippen molar-refractivity contribution < 1.29 is 8.42 Å². The van der Waals surface area contributed by atoms with Gasteiger partial charge in [0.25, 0.3) is 0 Å². The Bertz CT molecular complexity index is 582. The van der Waals surface area contributed by atoms with E-state index in [0.717, 1.165) is 25.1 Å². The van der Waals surface area contributed by atoms with Gasteiger partial charge in [0.1, 0.15) is 0 Å². The molecule has 0 N–H and O–H groups in total. The SMILES string of the molecule is O=S(=O)(c1ccc(CCl)cc1)N1CCC(N2CCCC2)C1. The topological polar surface area (TPSA) is 40.6 Å². The number of hydrogen-bond donors (Lipinski definition) is 0. The zero-order valence-corrected chi connectivity index (χ0v) is 13.6. The Labute approximate surface area is 131 Å². The molecule has 0 spiro atoms. The third kappa shape index (κ3) is 3.11. The Kier molecular flexibility index (Phi) is 4.54. The molecular formula is C15H21ClN2O2S. The van der Waals surface area contributed by atoms with Crippen molar-refractivity contribution in [3.05, 3.63) is 29.8 Å². The first-order chi connectivity index (χ1) is 10.1. The first-order valence-electron chi connectivity index (χ1n) is 7.50. The highest BCUT2D eigenvalue weighted by molar-refractivity contribution is 7.89. The van der Waals surface area contributed by atoms with Gasteiger partial charge in [-0.3, -0.25) is 4.90 Å². The molecule has 2 saturated heterocycles. The molecule has 2 aliphatic rings. The van der Waals surface area contributed by atoms with Gasteiger partial charge in [-0.1, -0.05) is 12.1 Å². The number of nitrogens with zero attached hydrogens (tertiary/aromatic N) is 2. The number of halogens is 1. The molecule has 0 radical (unpaired) electrons. The van der Waals surface area contributed by atoms with Crippen LogP contribution in [0.15, 0.2) is 29.2 Å². The predicted octanol–water partition coefficient (Wildman–Crippen LogP) is 2.28. The molecule has 0 aromatic heterocycles. The average molecular weight is 329 g/mol. The maximum atomic E-state index is 12.7. The summed E-state index contributed by atoms with van der Waals surface area (Å²) in [6, 6.07) is 7.29. The molecule has 1 atom stereocenters. The minimum atomic E-state index is -3.36. The van der Waals surface area contributed by atoms with Crippen LogP contribution in [-0.4, -0.2) is 49.8 Å². The van der Waals surface area contributed by atoms with Crippen molar-refractivity contribution in [3.8, 4) is 0 Å². The normalized spacial score (nSPS) is 24.7. The van der Waals surface area contributed by atoms with E-state index in [9.17, 15) is 8.42 Å². The third-order valence-electron chi connectivity index (χ3n) is 4.50. The fraction of sp³-hybridized carbons (Fsp3) is 0.600. The van der Waals surface area contributed by atoms with Crippen molar-refractivity contribution >= 4 is 21.6 Å². The van der Waals surface area contributed by atoms with Crippen LogP contribution in [0.5, 0.6) is 0 Å². The van der Waals surface area contributed by atoms with Gasteiger partial charge < -0.3 is 0 Å². The molecule has 21 heavy (non-hydrogen) atoms. The molecule has 3 rings (SSSR count). The van der Waals surface area contributed by atoms with Crippen LogP contribution in [0, 0.1) is 0 Å². The summed E-state index contributed by atoms with van der Waals surface area (Å²) in [7, 11) is -3.36. The molecule has 2 heterocycles. The summed E-state index contributed by atoms with van der Waals surface area (Å²) in [5.74, 6) is 0.404. The molecule has 0 amide bonds. The molecular weight excluding hydrogens is 308 g/mol. The molecule has 6 heteroatoms. The lowest BCUT2D eigenvalue weighted by molar-refractivity contribution is 0.251. The summed E-state index contributed by atoms with van der Waals surface area (Å²) < 4.78 is 27.0. The van der Waals surface area contributed by atoms with Gasteiger partial charge in [0, 0.05) is 25.0 Å². The summed E-state index contributed by atoms with van der Waals surface area (Å²) in [6.07, 6.45) is 3.42. The molecule has 116 valence electrons. The van der Waals surface area contributed by atoms with Crippen LogP contribution < -0.4 is 0 Å². The lowest BCUT2D eigenvalue weighted by atomic mass is 10.2. The van der Waals surface area contributed by atoms with Crippen LogP contribution in [0.3, 0.4) is 0 Å². The van der Waals surface area contributed by atoms with Gasteiger partial charge in [0.15, 0.2) is 0 Å². The van der Waals surface area contributed by atoms with Crippen LogP contribution in [0.25, 0.3) is 0 Å². The Morgan fingerprint density at radius 2 is 1.76 bits per heavy atom. The minimum absolute atomic E-state index is 0.374. The summed E-state index contributed by atoms with van der Waals surface area (Å²) in [5.41, 5.74) is 0.937. The van der Waals surface area contributed by atoms with E-state index >= 15 is 0 Å². The van der Waals surface area contributed by atoms with Crippen molar-refractivity contribution in [2.45, 2.75) is 36.1 Å². The number of alkyl halides is 1. The smallest absolute Gasteiger partial charge is 0.243 e. The Hall–Kier alpha value is -0.620. The Morgan fingerprint density at radius 1 is 1.10 bits per heavy atom. The van der Waals surface area contributed by atoms with Gasteiger partial charge in [-0.25, -0.2) is 8.42 Å². The standard InChI is InChI=1S/C15H21ClN2O2S/c16-11-13-3-5-15(6-4-13)21(19,20)18-10-7-14(12-18)17-8-1-2-9-17/h3-6,14H,1-2,7-12H2. The number of benzene rings is 1. The van der Waals surface area contributed by atoms with Crippen LogP contribution in [-0.2, 0) is 15.9 Å². The van der Waals surface area contributed by atoms with E-state index in [1.165, 1.54) is 12.8 Å². The Morgan fingerprint density at radius 3 is 2.38 bits per heavy atom. The number of sulfonamides is 1. The largest absolute Gasteiger partial charge is 0.299 e. The molecule has 4 nitrogen and oxygen atoms in total. The first kappa shape index (κ1) is 15.3. The van der Waals surface area contributed by atoms with Crippen molar-refractivity contribution in [2.75, 3.05) is 26.2 Å². The van der Waals surface area contributed by atoms with E-state index in [2.05, 4.69) is 4.90 Å². The maximum absolute atomic E-state index is 12.7. The molecule has 0 saturated carbocycles. The second-order valence-electron chi connectivity index (χ2n) is 5.83. The van der Waals surface area contributed by atoms with Gasteiger partial charge in [-0.05, 0) is 50.0 Å². The van der Waals surface area contributed by atoms with Gasteiger partial charge >= 0.3 is 0 Å². The summed E-state index contributed by atoms with van der Waals surface area (Å²) in [4.78, 5) is 2.81. The number of rotatable bonds is 4. The molecule has 1 aromatic rings. The lowest BCUT2D eigenvalue weighted by Crippen LogP contribution is -2.37. The third-order valence-corrected chi connectivity index (χ3v) is 6.69. The van der Waals surface area contributed by atoms with Crippen molar-refractivity contribution in [3.63, 3.8) is 0 Å². The van der Waals surface area contributed by atoms with Gasteiger partial charge in [0.05, 0.1) is 4.90 Å². The summed E-state index contributed by atoms with van der Waals surface area (Å²) >= 11 is 5.75. The molecule has 1 unspecified atom stereocenters. The van der Waals surface area contributed by atoms with Crippen molar-refractivity contribution in [2.24, 2.45) is 0 Å². The van der Waals surface area contributed by atoms with Gasteiger partial charge in [-0.2, -0.15) is 4.31 Å². The highest BCUT2D eigenvalue weighted by atomic mass is 35.5. The van der Waals surface area contributed by atoms with E-state index < -0.39 is 10.0 Å². The number of hydrogen-bond acceptors (Lipinski definition) is 3. The lowest BCUT2D eigenvalue weighted by Gasteiger charge is -2.23. The van der Waals surface area contributed by atoms with Gasteiger partial charge in [-0.15, -0.1) is 11.6 Å². The molecule has 1 aromatic carbocycles. The fourth-order valence-electron chi connectivity index (χ4n) is 3.23. The first-order valence-corrected chi connectivity index (χ1v) is 9.48. The molecule has 0 aliphatic carbocycles. The second-order valence-corrected chi connectivity index (χ2v) is 8.03. The molecule has 0 bridgehead atoms. The van der Waals surface area contributed by atoms with E-state index in [-0.39, 0.29) is 0 Å². The highest BCUT2D eigenvalue weighted by Gasteiger charge is 2.35. The van der Waals surface area contributed by atoms with Crippen LogP contribution >= 0.6 is 11.6 Å². The molecule has 2 aliphatic heterocycles. The maximum Gasteiger partial charge on any atom is 0.243 e. The average Bonchev–Trinajstić information content (AvgIpc) is 3.18. The zero-order chi connectivity index (χ0) is 14.9.